The number of carboxylic acid groups (broad SMARTS) is 1. The number of ether oxygens (including phenoxy) is 1. The molecule has 0 aliphatic heterocycles. The van der Waals surface area contributed by atoms with E-state index in [2.05, 4.69) is 0 Å². The minimum Gasteiger partial charge on any atom is -0.482 e. The molecular formula is C13H14O4. The number of hydrogen-bond acceptors (Lipinski definition) is 3. The highest BCUT2D eigenvalue weighted by Gasteiger charge is 2.22. The minimum absolute atomic E-state index is 0.0767. The van der Waals surface area contributed by atoms with Crippen molar-refractivity contribution >= 4 is 12.3 Å². The van der Waals surface area contributed by atoms with E-state index in [1.807, 2.05) is 6.07 Å². The summed E-state index contributed by atoms with van der Waals surface area (Å²) in [5.74, 6) is -0.478. The largest absolute Gasteiger partial charge is 0.482 e. The van der Waals surface area contributed by atoms with Crippen LogP contribution >= 0.6 is 0 Å². The Balaban J connectivity index is 2.28. The average Bonchev–Trinajstić information content (AvgIpc) is 2.35. The molecule has 0 fully saturated rings. The first-order valence-corrected chi connectivity index (χ1v) is 5.64. The molecule has 0 saturated heterocycles. The lowest BCUT2D eigenvalue weighted by molar-refractivity contribution is -0.139. The molecular weight excluding hydrogens is 220 g/mol. The van der Waals surface area contributed by atoms with Gasteiger partial charge < -0.3 is 14.6 Å². The molecule has 1 N–H and O–H groups in total. The molecule has 0 bridgehead atoms. The number of aldehydes is 1. The van der Waals surface area contributed by atoms with Gasteiger partial charge in [-0.2, -0.15) is 0 Å². The number of carboxylic acids is 1. The third kappa shape index (κ3) is 2.46. The lowest BCUT2D eigenvalue weighted by atomic mass is 9.83. The van der Waals surface area contributed by atoms with Gasteiger partial charge in [0.05, 0.1) is 0 Å². The minimum atomic E-state index is -0.995. The maximum Gasteiger partial charge on any atom is 0.341 e. The van der Waals surface area contributed by atoms with Crippen LogP contribution in [-0.4, -0.2) is 24.0 Å². The molecule has 17 heavy (non-hydrogen) atoms. The van der Waals surface area contributed by atoms with Crippen molar-refractivity contribution < 1.29 is 19.4 Å². The molecule has 1 atom stereocenters. The molecule has 1 aromatic rings. The van der Waals surface area contributed by atoms with Crippen molar-refractivity contribution in [2.75, 3.05) is 6.61 Å². The van der Waals surface area contributed by atoms with Crippen LogP contribution in [0.2, 0.25) is 0 Å². The fraction of sp³-hybridized carbons (Fsp3) is 0.385. The number of carbonyl (C=O) groups excluding carboxylic acids is 1. The van der Waals surface area contributed by atoms with Gasteiger partial charge in [-0.15, -0.1) is 0 Å². The summed E-state index contributed by atoms with van der Waals surface area (Å²) in [6.45, 7) is -0.345. The molecule has 0 radical (unpaired) electrons. The van der Waals surface area contributed by atoms with E-state index in [9.17, 15) is 9.59 Å². The van der Waals surface area contributed by atoms with Crippen molar-refractivity contribution in [3.63, 3.8) is 0 Å². The number of aliphatic carboxylic acids is 1. The maximum atomic E-state index is 11.0. The van der Waals surface area contributed by atoms with Crippen LogP contribution in [0.25, 0.3) is 0 Å². The fourth-order valence-electron chi connectivity index (χ4n) is 2.27. The highest BCUT2D eigenvalue weighted by atomic mass is 16.5. The van der Waals surface area contributed by atoms with Gasteiger partial charge in [0.15, 0.2) is 6.61 Å². The number of hydrogen-bond donors (Lipinski definition) is 1. The van der Waals surface area contributed by atoms with Gasteiger partial charge in [0, 0.05) is 5.92 Å². The van der Waals surface area contributed by atoms with E-state index in [1.165, 1.54) is 0 Å². The third-order valence-corrected chi connectivity index (χ3v) is 3.03. The molecule has 0 amide bonds. The summed E-state index contributed by atoms with van der Waals surface area (Å²) in [6.07, 6.45) is 3.59. The van der Waals surface area contributed by atoms with Gasteiger partial charge in [-0.05, 0) is 36.5 Å². The molecule has 4 nitrogen and oxygen atoms in total. The Labute approximate surface area is 99.2 Å². The van der Waals surface area contributed by atoms with Crippen molar-refractivity contribution in [2.45, 2.75) is 25.2 Å². The zero-order valence-electron chi connectivity index (χ0n) is 9.39. The Kier molecular flexibility index (Phi) is 3.42. The van der Waals surface area contributed by atoms with Crippen molar-refractivity contribution in [2.24, 2.45) is 0 Å². The van der Waals surface area contributed by atoms with Gasteiger partial charge in [0.1, 0.15) is 12.0 Å². The summed E-state index contributed by atoms with van der Waals surface area (Å²) in [4.78, 5) is 21.4. The van der Waals surface area contributed by atoms with Gasteiger partial charge in [0.2, 0.25) is 0 Å². The van der Waals surface area contributed by atoms with E-state index in [0.717, 1.165) is 36.7 Å². The third-order valence-electron chi connectivity index (χ3n) is 3.03. The second-order valence-corrected chi connectivity index (χ2v) is 4.14. The van der Waals surface area contributed by atoms with E-state index in [1.54, 1.807) is 12.1 Å². The van der Waals surface area contributed by atoms with Crippen LogP contribution in [0, 0.1) is 0 Å². The number of benzene rings is 1. The second-order valence-electron chi connectivity index (χ2n) is 4.14. The summed E-state index contributed by atoms with van der Waals surface area (Å²) in [7, 11) is 0. The average molecular weight is 234 g/mol. The van der Waals surface area contributed by atoms with Crippen LogP contribution in [0.4, 0.5) is 0 Å². The Hall–Kier alpha value is -1.84. The van der Waals surface area contributed by atoms with Gasteiger partial charge in [-0.1, -0.05) is 12.1 Å². The topological polar surface area (TPSA) is 63.6 Å². The van der Waals surface area contributed by atoms with Crippen LogP contribution in [0.5, 0.6) is 5.75 Å². The zero-order chi connectivity index (χ0) is 12.3. The Morgan fingerprint density at radius 3 is 3.06 bits per heavy atom. The predicted molar refractivity (Wildman–Crippen MR) is 61.3 cm³/mol. The first kappa shape index (κ1) is 11.6. The van der Waals surface area contributed by atoms with Crippen LogP contribution < -0.4 is 4.74 Å². The highest BCUT2D eigenvalue weighted by molar-refractivity contribution is 5.69. The van der Waals surface area contributed by atoms with E-state index >= 15 is 0 Å². The molecule has 0 aromatic heterocycles. The SMILES string of the molecule is O=CC1CCCc2c(OCC(=O)O)cccc21. The second kappa shape index (κ2) is 4.99. The van der Waals surface area contributed by atoms with E-state index in [4.69, 9.17) is 9.84 Å². The van der Waals surface area contributed by atoms with Crippen LogP contribution in [-0.2, 0) is 16.0 Å². The summed E-state index contributed by atoms with van der Waals surface area (Å²) in [5.41, 5.74) is 1.96. The lowest BCUT2D eigenvalue weighted by Gasteiger charge is -2.23. The zero-order valence-corrected chi connectivity index (χ0v) is 9.39. The van der Waals surface area contributed by atoms with Crippen LogP contribution in [0.1, 0.15) is 29.9 Å². The quantitative estimate of drug-likeness (QED) is 0.806. The van der Waals surface area contributed by atoms with Crippen molar-refractivity contribution in [1.29, 1.82) is 0 Å². The van der Waals surface area contributed by atoms with Gasteiger partial charge >= 0.3 is 5.97 Å². The van der Waals surface area contributed by atoms with Gasteiger partial charge in [-0.3, -0.25) is 0 Å². The molecule has 2 rings (SSSR count). The molecule has 0 spiro atoms. The molecule has 1 aromatic carbocycles. The Bertz CT molecular complexity index is 439. The van der Waals surface area contributed by atoms with E-state index < -0.39 is 5.97 Å². The van der Waals surface area contributed by atoms with Crippen LogP contribution in [0.15, 0.2) is 18.2 Å². The molecule has 1 unspecified atom stereocenters. The maximum absolute atomic E-state index is 11.0. The lowest BCUT2D eigenvalue weighted by Crippen LogP contribution is -2.15. The Morgan fingerprint density at radius 2 is 2.35 bits per heavy atom. The van der Waals surface area contributed by atoms with Gasteiger partial charge in [-0.25, -0.2) is 4.79 Å². The number of carbonyl (C=O) groups is 2. The summed E-state index contributed by atoms with van der Waals surface area (Å²) in [6, 6.07) is 5.48. The van der Waals surface area contributed by atoms with Gasteiger partial charge in [0.25, 0.3) is 0 Å². The smallest absolute Gasteiger partial charge is 0.341 e. The standard InChI is InChI=1S/C13H14O4/c14-7-9-3-1-5-11-10(9)4-2-6-12(11)17-8-13(15)16/h2,4,6-7,9H,1,3,5,8H2,(H,15,16). The van der Waals surface area contributed by atoms with Crippen molar-refractivity contribution in [3.8, 4) is 5.75 Å². The van der Waals surface area contributed by atoms with Crippen molar-refractivity contribution in [1.82, 2.24) is 0 Å². The summed E-state index contributed by atoms with van der Waals surface area (Å²) < 4.78 is 5.24. The van der Waals surface area contributed by atoms with E-state index in [0.29, 0.717) is 5.75 Å². The highest BCUT2D eigenvalue weighted by Crippen LogP contribution is 2.35. The first-order chi connectivity index (χ1) is 8.22. The molecule has 90 valence electrons. The molecule has 0 heterocycles. The molecule has 0 saturated carbocycles. The molecule has 1 aliphatic carbocycles. The Morgan fingerprint density at radius 1 is 1.53 bits per heavy atom. The fourth-order valence-corrected chi connectivity index (χ4v) is 2.27. The number of rotatable bonds is 4. The molecule has 4 heteroatoms. The predicted octanol–water partition coefficient (Wildman–Crippen LogP) is 1.77. The van der Waals surface area contributed by atoms with Crippen molar-refractivity contribution in [3.05, 3.63) is 29.3 Å². The number of fused-ring (bicyclic) bond motifs is 1. The van der Waals surface area contributed by atoms with E-state index in [-0.39, 0.29) is 12.5 Å². The monoisotopic (exact) mass is 234 g/mol. The normalized spacial score (nSPS) is 18.2. The first-order valence-electron chi connectivity index (χ1n) is 5.64. The van der Waals surface area contributed by atoms with Crippen LogP contribution in [0.3, 0.4) is 0 Å². The summed E-state index contributed by atoms with van der Waals surface area (Å²) in [5, 5.41) is 8.60. The molecule has 1 aliphatic rings. The summed E-state index contributed by atoms with van der Waals surface area (Å²) >= 11 is 0.